The van der Waals surface area contributed by atoms with Crippen LogP contribution in [-0.4, -0.2) is 16.1 Å². The molecule has 4 heteroatoms. The first-order valence-electron chi connectivity index (χ1n) is 16.2. The molecule has 1 unspecified atom stereocenters. The van der Waals surface area contributed by atoms with E-state index in [0.717, 1.165) is 30.2 Å². The van der Waals surface area contributed by atoms with Crippen LogP contribution in [0, 0.1) is 0 Å². The van der Waals surface area contributed by atoms with Crippen LogP contribution in [0.3, 0.4) is 0 Å². The van der Waals surface area contributed by atoms with Gasteiger partial charge >= 0.3 is 0 Å². The highest BCUT2D eigenvalue weighted by Crippen LogP contribution is 2.53. The highest BCUT2D eigenvalue weighted by atomic mass is 15.5. The molecule has 0 radical (unpaired) electrons. The Bertz CT molecular complexity index is 1620. The van der Waals surface area contributed by atoms with Crippen molar-refractivity contribution in [2.75, 3.05) is 9.80 Å². The first kappa shape index (κ1) is 29.2. The second kappa shape index (κ2) is 11.3. The van der Waals surface area contributed by atoms with Gasteiger partial charge in [0.2, 0.25) is 0 Å². The molecule has 2 aliphatic rings. The van der Waals surface area contributed by atoms with Gasteiger partial charge in [0.15, 0.2) is 11.6 Å². The molecule has 222 valence electrons. The summed E-state index contributed by atoms with van der Waals surface area (Å²) in [4.78, 5) is 14.6. The first-order valence-corrected chi connectivity index (χ1v) is 16.2. The number of benzene rings is 3. The SMILES string of the molecule is CCC1(CC)C=CC2N(c3ccccc3)c3nccnc3N2c2cc(-c3c(C(C)C)cc(C(C)C)cc3C(C)C)ccc21. The molecule has 43 heavy (non-hydrogen) atoms. The van der Waals surface area contributed by atoms with E-state index in [1.54, 1.807) is 0 Å². The zero-order valence-electron chi connectivity index (χ0n) is 27.1. The van der Waals surface area contributed by atoms with Crippen LogP contribution in [0.2, 0.25) is 0 Å². The topological polar surface area (TPSA) is 32.3 Å². The number of rotatable bonds is 7. The first-order chi connectivity index (χ1) is 20.7. The van der Waals surface area contributed by atoms with E-state index in [4.69, 9.17) is 9.97 Å². The van der Waals surface area contributed by atoms with Crippen LogP contribution >= 0.6 is 0 Å². The molecule has 0 aliphatic carbocycles. The van der Waals surface area contributed by atoms with E-state index < -0.39 is 0 Å². The van der Waals surface area contributed by atoms with Crippen molar-refractivity contribution in [2.24, 2.45) is 0 Å². The molecule has 3 heterocycles. The molecule has 1 atom stereocenters. The van der Waals surface area contributed by atoms with Crippen LogP contribution in [0.1, 0.15) is 108 Å². The number of fused-ring (bicyclic) bond motifs is 5. The van der Waals surface area contributed by atoms with E-state index >= 15 is 0 Å². The fourth-order valence-electron chi connectivity index (χ4n) is 7.14. The van der Waals surface area contributed by atoms with Gasteiger partial charge in [0.05, 0.1) is 0 Å². The molecule has 1 aromatic heterocycles. The average molecular weight is 571 g/mol. The summed E-state index contributed by atoms with van der Waals surface area (Å²) in [6.07, 6.45) is 10.5. The molecule has 0 N–H and O–H groups in total. The zero-order chi connectivity index (χ0) is 30.5. The second-order valence-corrected chi connectivity index (χ2v) is 13.2. The van der Waals surface area contributed by atoms with Crippen LogP contribution < -0.4 is 9.80 Å². The van der Waals surface area contributed by atoms with Gasteiger partial charge in [0, 0.05) is 29.2 Å². The van der Waals surface area contributed by atoms with Gasteiger partial charge in [0.25, 0.3) is 0 Å². The van der Waals surface area contributed by atoms with Crippen molar-refractivity contribution >= 4 is 23.0 Å². The quantitative estimate of drug-likeness (QED) is 0.207. The van der Waals surface area contributed by atoms with Crippen LogP contribution in [0.5, 0.6) is 0 Å². The third-order valence-corrected chi connectivity index (χ3v) is 9.74. The predicted octanol–water partition coefficient (Wildman–Crippen LogP) is 10.8. The molecule has 0 fully saturated rings. The fraction of sp³-hybridized carbons (Fsp3) is 0.385. The van der Waals surface area contributed by atoms with Crippen molar-refractivity contribution in [3.05, 3.63) is 107 Å². The summed E-state index contributed by atoms with van der Waals surface area (Å²) in [5.41, 5.74) is 10.6. The second-order valence-electron chi connectivity index (χ2n) is 13.2. The Kier molecular flexibility index (Phi) is 7.66. The molecule has 0 saturated heterocycles. The van der Waals surface area contributed by atoms with Crippen molar-refractivity contribution in [1.82, 2.24) is 9.97 Å². The summed E-state index contributed by atoms with van der Waals surface area (Å²) in [7, 11) is 0. The van der Waals surface area contributed by atoms with Crippen LogP contribution in [-0.2, 0) is 5.41 Å². The Hall–Kier alpha value is -3.92. The Morgan fingerprint density at radius 1 is 0.721 bits per heavy atom. The number of hydrogen-bond donors (Lipinski definition) is 0. The summed E-state index contributed by atoms with van der Waals surface area (Å²) < 4.78 is 0. The summed E-state index contributed by atoms with van der Waals surface area (Å²) in [6.45, 7) is 18.6. The minimum atomic E-state index is -0.0637. The van der Waals surface area contributed by atoms with E-state index in [-0.39, 0.29) is 11.6 Å². The van der Waals surface area contributed by atoms with Crippen LogP contribution in [0.15, 0.2) is 85.2 Å². The Morgan fingerprint density at radius 3 is 1.88 bits per heavy atom. The standard InChI is InChI=1S/C39H46N4/c1-9-39(10-2)19-18-35-42(30-14-12-11-13-15-30)37-38(41-21-20-40-37)43(35)34-24-28(16-17-33(34)39)36-31(26(5)6)22-29(25(3)4)23-32(36)27(7)8/h11-27,35H,9-10H2,1-8H3. The molecule has 0 spiro atoms. The maximum atomic E-state index is 4.97. The van der Waals surface area contributed by atoms with E-state index in [1.165, 1.54) is 39.1 Å². The number of hydrogen-bond acceptors (Lipinski definition) is 4. The zero-order valence-corrected chi connectivity index (χ0v) is 27.1. The Labute approximate surface area is 258 Å². The van der Waals surface area contributed by atoms with Crippen molar-refractivity contribution in [3.63, 3.8) is 0 Å². The normalized spacial score (nSPS) is 17.0. The van der Waals surface area contributed by atoms with Gasteiger partial charge in [-0.15, -0.1) is 0 Å². The van der Waals surface area contributed by atoms with E-state index in [9.17, 15) is 0 Å². The Morgan fingerprint density at radius 2 is 1.33 bits per heavy atom. The maximum Gasteiger partial charge on any atom is 0.178 e. The smallest absolute Gasteiger partial charge is 0.178 e. The van der Waals surface area contributed by atoms with Gasteiger partial charge in [-0.25, -0.2) is 9.97 Å². The summed E-state index contributed by atoms with van der Waals surface area (Å²) in [6, 6.07) is 22.8. The van der Waals surface area contributed by atoms with Crippen LogP contribution in [0.4, 0.5) is 23.0 Å². The van der Waals surface area contributed by atoms with Crippen molar-refractivity contribution in [1.29, 1.82) is 0 Å². The number of para-hydroxylation sites is 1. The molecule has 0 saturated carbocycles. The number of aromatic nitrogens is 2. The average Bonchev–Trinajstić information content (AvgIpc) is 3.27. The molecular formula is C39H46N4. The maximum absolute atomic E-state index is 4.97. The third-order valence-electron chi connectivity index (χ3n) is 9.74. The van der Waals surface area contributed by atoms with Crippen LogP contribution in [0.25, 0.3) is 11.1 Å². The minimum Gasteiger partial charge on any atom is -0.298 e. The number of anilines is 4. The van der Waals surface area contributed by atoms with Gasteiger partial charge in [-0.3, -0.25) is 9.80 Å². The molecule has 3 aromatic carbocycles. The lowest BCUT2D eigenvalue weighted by atomic mass is 9.74. The molecule has 0 bridgehead atoms. The van der Waals surface area contributed by atoms with E-state index in [2.05, 4.69) is 138 Å². The van der Waals surface area contributed by atoms with Gasteiger partial charge < -0.3 is 0 Å². The number of allylic oxidation sites excluding steroid dienone is 1. The predicted molar refractivity (Wildman–Crippen MR) is 182 cm³/mol. The van der Waals surface area contributed by atoms with E-state index in [0.29, 0.717) is 17.8 Å². The fourth-order valence-corrected chi connectivity index (χ4v) is 7.14. The van der Waals surface area contributed by atoms with Gasteiger partial charge in [-0.1, -0.05) is 104 Å². The molecule has 4 nitrogen and oxygen atoms in total. The van der Waals surface area contributed by atoms with Gasteiger partial charge in [-0.05, 0) is 88.3 Å². The summed E-state index contributed by atoms with van der Waals surface area (Å²) in [5.74, 6) is 3.12. The molecule has 2 aliphatic heterocycles. The lowest BCUT2D eigenvalue weighted by molar-refractivity contribution is 0.499. The van der Waals surface area contributed by atoms with Gasteiger partial charge in [-0.2, -0.15) is 0 Å². The highest BCUT2D eigenvalue weighted by molar-refractivity contribution is 5.88. The Balaban J connectivity index is 1.64. The van der Waals surface area contributed by atoms with Gasteiger partial charge in [0.1, 0.15) is 6.17 Å². The van der Waals surface area contributed by atoms with Crippen molar-refractivity contribution in [3.8, 4) is 11.1 Å². The summed E-state index contributed by atoms with van der Waals surface area (Å²) in [5, 5.41) is 0. The summed E-state index contributed by atoms with van der Waals surface area (Å²) >= 11 is 0. The highest BCUT2D eigenvalue weighted by Gasteiger charge is 2.44. The molecular weight excluding hydrogens is 524 g/mol. The monoisotopic (exact) mass is 570 g/mol. The molecule has 0 amide bonds. The minimum absolute atomic E-state index is 0.0633. The number of nitrogens with zero attached hydrogens (tertiary/aromatic N) is 4. The third kappa shape index (κ3) is 4.76. The van der Waals surface area contributed by atoms with Crippen molar-refractivity contribution in [2.45, 2.75) is 97.6 Å². The lowest BCUT2D eigenvalue weighted by Gasteiger charge is -2.33. The van der Waals surface area contributed by atoms with Crippen molar-refractivity contribution < 1.29 is 0 Å². The lowest BCUT2D eigenvalue weighted by Crippen LogP contribution is -2.36. The van der Waals surface area contributed by atoms with E-state index in [1.807, 2.05) is 12.4 Å². The largest absolute Gasteiger partial charge is 0.298 e. The molecule has 4 aromatic rings. The molecule has 6 rings (SSSR count).